The molecular formula is C10H18O2. The monoisotopic (exact) mass is 170 g/mol. The number of ether oxygens (including phenoxy) is 1. The van der Waals surface area contributed by atoms with Crippen molar-refractivity contribution in [1.82, 2.24) is 0 Å². The van der Waals surface area contributed by atoms with E-state index in [1.54, 1.807) is 12.2 Å². The van der Waals surface area contributed by atoms with Crippen molar-refractivity contribution in [1.29, 1.82) is 0 Å². The van der Waals surface area contributed by atoms with Crippen LogP contribution in [0.5, 0.6) is 0 Å². The third kappa shape index (κ3) is 71.0. The molecule has 0 aromatic rings. The maximum atomic E-state index is 9.84. The first-order chi connectivity index (χ1) is 5.64. The summed E-state index contributed by atoms with van der Waals surface area (Å²) < 4.78 is 4.14. The van der Waals surface area contributed by atoms with Crippen LogP contribution in [0.25, 0.3) is 0 Å². The summed E-state index contributed by atoms with van der Waals surface area (Å²) in [4.78, 5) is 9.84. The number of carbonyl (C=O) groups is 1. The van der Waals surface area contributed by atoms with E-state index >= 15 is 0 Å². The molecule has 70 valence electrons. The van der Waals surface area contributed by atoms with Gasteiger partial charge in [-0.3, -0.25) is 0 Å². The van der Waals surface area contributed by atoms with E-state index < -0.39 is 5.97 Å². The van der Waals surface area contributed by atoms with Gasteiger partial charge in [-0.15, -0.1) is 13.2 Å². The van der Waals surface area contributed by atoms with Crippen LogP contribution in [-0.2, 0) is 9.53 Å². The predicted molar refractivity (Wildman–Crippen MR) is 54.0 cm³/mol. The van der Waals surface area contributed by atoms with E-state index in [1.165, 1.54) is 7.11 Å². The summed E-state index contributed by atoms with van der Waals surface area (Å²) in [6.07, 6.45) is 4.61. The van der Waals surface area contributed by atoms with Crippen molar-refractivity contribution >= 4 is 5.97 Å². The number of esters is 1. The molecule has 0 rings (SSSR count). The second-order valence-electron chi connectivity index (χ2n) is 1.54. The van der Waals surface area contributed by atoms with Gasteiger partial charge in [-0.2, -0.15) is 0 Å². The Morgan fingerprint density at radius 1 is 1.17 bits per heavy atom. The maximum absolute atomic E-state index is 9.84. The highest BCUT2D eigenvalue weighted by atomic mass is 16.5. The molecule has 12 heavy (non-hydrogen) atoms. The van der Waals surface area contributed by atoms with Gasteiger partial charge in [-0.1, -0.05) is 18.7 Å². The van der Waals surface area contributed by atoms with Gasteiger partial charge in [-0.25, -0.2) is 4.79 Å². The Hall–Kier alpha value is -1.31. The summed E-state index contributed by atoms with van der Waals surface area (Å²) in [7, 11) is 1.31. The molecule has 0 aromatic carbocycles. The fraction of sp³-hybridized carbons (Fsp3) is 0.300. The van der Waals surface area contributed by atoms with Crippen molar-refractivity contribution in [3.8, 4) is 0 Å². The van der Waals surface area contributed by atoms with Gasteiger partial charge in [0.2, 0.25) is 0 Å². The summed E-state index contributed by atoms with van der Waals surface area (Å²) in [6.45, 7) is 13.7. The van der Waals surface area contributed by atoms with Crippen LogP contribution in [0.15, 0.2) is 38.0 Å². The van der Waals surface area contributed by atoms with E-state index in [-0.39, 0.29) is 0 Å². The average molecular weight is 170 g/mol. The molecular weight excluding hydrogens is 152 g/mol. The minimum Gasteiger partial charge on any atom is -0.466 e. The fourth-order valence-electron chi connectivity index (χ4n) is 0.0833. The van der Waals surface area contributed by atoms with E-state index in [2.05, 4.69) is 24.5 Å². The highest BCUT2D eigenvalue weighted by Gasteiger charge is 1.81. The van der Waals surface area contributed by atoms with Gasteiger partial charge in [0.05, 0.1) is 7.11 Å². The molecule has 0 saturated heterocycles. The Balaban J connectivity index is -0.000000115. The van der Waals surface area contributed by atoms with E-state index in [1.807, 2.05) is 13.8 Å². The number of rotatable bonds is 1. The van der Waals surface area contributed by atoms with Gasteiger partial charge in [0.15, 0.2) is 0 Å². The molecule has 0 N–H and O–H groups in total. The quantitative estimate of drug-likeness (QED) is 0.343. The van der Waals surface area contributed by atoms with Gasteiger partial charge in [0, 0.05) is 6.08 Å². The fourth-order valence-corrected chi connectivity index (χ4v) is 0.0833. The smallest absolute Gasteiger partial charge is 0.329 e. The lowest BCUT2D eigenvalue weighted by atomic mass is 10.7. The minimum absolute atomic E-state index is 0.394. The lowest BCUT2D eigenvalue weighted by Gasteiger charge is -1.83. The van der Waals surface area contributed by atoms with E-state index in [9.17, 15) is 4.79 Å². The Morgan fingerprint density at radius 2 is 1.42 bits per heavy atom. The lowest BCUT2D eigenvalue weighted by Crippen LogP contribution is -1.91. The first kappa shape index (κ1) is 17.0. The van der Waals surface area contributed by atoms with Crippen molar-refractivity contribution in [3.63, 3.8) is 0 Å². The van der Waals surface area contributed by atoms with E-state index in [4.69, 9.17) is 0 Å². The van der Waals surface area contributed by atoms with Crippen LogP contribution in [0.4, 0.5) is 0 Å². The molecule has 0 radical (unpaired) electrons. The zero-order valence-electron chi connectivity index (χ0n) is 8.17. The molecule has 0 saturated carbocycles. The summed E-state index contributed by atoms with van der Waals surface area (Å²) in [5.74, 6) is -0.394. The van der Waals surface area contributed by atoms with Crippen molar-refractivity contribution in [2.45, 2.75) is 13.8 Å². The van der Waals surface area contributed by atoms with Crippen LogP contribution in [0.2, 0.25) is 0 Å². The van der Waals surface area contributed by atoms with Crippen LogP contribution >= 0.6 is 0 Å². The summed E-state index contributed by atoms with van der Waals surface area (Å²) in [5, 5.41) is 0. The number of hydrogen-bond donors (Lipinski definition) is 0. The molecule has 0 unspecified atom stereocenters. The third-order valence-corrected chi connectivity index (χ3v) is 0.368. The molecule has 2 nitrogen and oxygen atoms in total. The van der Waals surface area contributed by atoms with E-state index in [0.717, 1.165) is 6.08 Å². The minimum atomic E-state index is -0.394. The Morgan fingerprint density at radius 3 is 1.42 bits per heavy atom. The van der Waals surface area contributed by atoms with Gasteiger partial charge in [0.25, 0.3) is 0 Å². The van der Waals surface area contributed by atoms with Crippen molar-refractivity contribution < 1.29 is 9.53 Å². The molecule has 0 aromatic heterocycles. The maximum Gasteiger partial charge on any atom is 0.329 e. The van der Waals surface area contributed by atoms with Crippen LogP contribution in [0.3, 0.4) is 0 Å². The topological polar surface area (TPSA) is 26.3 Å². The number of hydrogen-bond acceptors (Lipinski definition) is 2. The average Bonchev–Trinajstić information content (AvgIpc) is 2.06. The highest BCUT2D eigenvalue weighted by Crippen LogP contribution is 1.67. The molecule has 2 heteroatoms. The van der Waals surface area contributed by atoms with Gasteiger partial charge >= 0.3 is 5.97 Å². The van der Waals surface area contributed by atoms with Crippen molar-refractivity contribution in [2.75, 3.05) is 7.11 Å². The van der Waals surface area contributed by atoms with E-state index in [0.29, 0.717) is 0 Å². The van der Waals surface area contributed by atoms with Crippen LogP contribution in [0.1, 0.15) is 13.8 Å². The molecule has 0 heterocycles. The molecule has 0 bridgehead atoms. The number of methoxy groups -OCH3 is 1. The van der Waals surface area contributed by atoms with Crippen LogP contribution in [0, 0.1) is 0 Å². The number of carbonyl (C=O) groups excluding carboxylic acids is 1. The van der Waals surface area contributed by atoms with Crippen LogP contribution in [-0.4, -0.2) is 13.1 Å². The molecule has 0 aliphatic heterocycles. The second-order valence-corrected chi connectivity index (χ2v) is 1.54. The Bertz CT molecular complexity index is 120. The third-order valence-electron chi connectivity index (χ3n) is 0.368. The predicted octanol–water partition coefficient (Wildman–Crippen LogP) is 2.73. The SMILES string of the molecule is C=CC.C=CC.C=CC(=O)OC. The van der Waals surface area contributed by atoms with Gasteiger partial charge < -0.3 is 4.74 Å². The Kier molecular flexibility index (Phi) is 32.0. The highest BCUT2D eigenvalue weighted by molar-refractivity contribution is 5.80. The molecule has 0 fully saturated rings. The summed E-state index contributed by atoms with van der Waals surface area (Å²) in [6, 6.07) is 0. The zero-order chi connectivity index (χ0) is 10.4. The first-order valence-electron chi connectivity index (χ1n) is 3.48. The van der Waals surface area contributed by atoms with Gasteiger partial charge in [-0.05, 0) is 13.8 Å². The first-order valence-corrected chi connectivity index (χ1v) is 3.48. The second kappa shape index (κ2) is 22.6. The molecule has 0 aliphatic rings. The largest absolute Gasteiger partial charge is 0.466 e. The normalized spacial score (nSPS) is 5.58. The lowest BCUT2D eigenvalue weighted by molar-refractivity contribution is -0.134. The Labute approximate surface area is 75.2 Å². The summed E-state index contributed by atoms with van der Waals surface area (Å²) in [5.41, 5.74) is 0. The molecule has 0 spiro atoms. The van der Waals surface area contributed by atoms with Crippen LogP contribution < -0.4 is 0 Å². The number of allylic oxidation sites excluding steroid dienone is 2. The summed E-state index contributed by atoms with van der Waals surface area (Å²) >= 11 is 0. The van der Waals surface area contributed by atoms with Crippen molar-refractivity contribution in [3.05, 3.63) is 38.0 Å². The van der Waals surface area contributed by atoms with Crippen molar-refractivity contribution in [2.24, 2.45) is 0 Å². The molecule has 0 aliphatic carbocycles. The van der Waals surface area contributed by atoms with Gasteiger partial charge in [0.1, 0.15) is 0 Å². The standard InChI is InChI=1S/C4H6O2.2C3H6/c1-3-4(5)6-2;2*1-3-2/h3H,1H2,2H3;2*3H,1H2,2H3. The zero-order valence-corrected chi connectivity index (χ0v) is 8.17. The molecule has 0 atom stereocenters. The molecule has 0 amide bonds.